The van der Waals surface area contributed by atoms with Crippen molar-refractivity contribution in [1.82, 2.24) is 0 Å². The second kappa shape index (κ2) is 4.50. The molecule has 0 aliphatic rings. The molecule has 0 saturated carbocycles. The first-order valence-electron chi connectivity index (χ1n) is 5.30. The molecular weight excluding hydrogens is 172 g/mol. The first-order valence-corrected chi connectivity index (χ1v) is 5.30. The minimum absolute atomic E-state index is 0.0547. The molecule has 0 radical (unpaired) electrons. The van der Waals surface area contributed by atoms with E-state index in [-0.39, 0.29) is 5.60 Å². The van der Waals surface area contributed by atoms with Gasteiger partial charge in [0.05, 0.1) is 0 Å². The van der Waals surface area contributed by atoms with Crippen molar-refractivity contribution >= 4 is 0 Å². The van der Waals surface area contributed by atoms with Gasteiger partial charge >= 0.3 is 0 Å². The molecule has 1 heteroatoms. The Hall–Kier alpha value is -0.980. The molecule has 0 saturated heterocycles. The molecular formula is C13H20O. The Labute approximate surface area is 87.1 Å². The van der Waals surface area contributed by atoms with Crippen molar-refractivity contribution in [2.75, 3.05) is 0 Å². The van der Waals surface area contributed by atoms with Crippen molar-refractivity contribution in [1.29, 1.82) is 0 Å². The van der Waals surface area contributed by atoms with E-state index in [9.17, 15) is 0 Å². The lowest BCUT2D eigenvalue weighted by Gasteiger charge is -2.26. The summed E-state index contributed by atoms with van der Waals surface area (Å²) in [5.41, 5.74) is 1.15. The highest BCUT2D eigenvalue weighted by Crippen LogP contribution is 2.24. The van der Waals surface area contributed by atoms with Gasteiger partial charge in [-0.2, -0.15) is 0 Å². The van der Waals surface area contributed by atoms with Gasteiger partial charge in [-0.25, -0.2) is 0 Å². The zero-order chi connectivity index (χ0) is 10.6. The molecule has 78 valence electrons. The van der Waals surface area contributed by atoms with Crippen LogP contribution in [0.3, 0.4) is 0 Å². The molecule has 1 nitrogen and oxygen atoms in total. The van der Waals surface area contributed by atoms with Crippen molar-refractivity contribution in [3.05, 3.63) is 29.8 Å². The third kappa shape index (κ3) is 3.06. The molecule has 1 aromatic carbocycles. The van der Waals surface area contributed by atoms with E-state index in [0.29, 0.717) is 0 Å². The largest absolute Gasteiger partial charge is 0.488 e. The van der Waals surface area contributed by atoms with Gasteiger partial charge in [0.25, 0.3) is 0 Å². The van der Waals surface area contributed by atoms with Gasteiger partial charge in [0, 0.05) is 0 Å². The molecule has 0 unspecified atom stereocenters. The molecule has 14 heavy (non-hydrogen) atoms. The maximum absolute atomic E-state index is 5.97. The summed E-state index contributed by atoms with van der Waals surface area (Å²) in [5.74, 6) is 1.01. The topological polar surface area (TPSA) is 9.23 Å². The van der Waals surface area contributed by atoms with Crippen LogP contribution in [-0.2, 0) is 0 Å². The van der Waals surface area contributed by atoms with Crippen LogP contribution in [0.2, 0.25) is 0 Å². The van der Waals surface area contributed by atoms with Gasteiger partial charge < -0.3 is 4.74 Å². The fourth-order valence-electron chi connectivity index (χ4n) is 1.62. The van der Waals surface area contributed by atoms with Crippen molar-refractivity contribution in [2.24, 2.45) is 0 Å². The maximum Gasteiger partial charge on any atom is 0.123 e. The summed E-state index contributed by atoms with van der Waals surface area (Å²) in [6.45, 7) is 8.55. The fourth-order valence-corrected chi connectivity index (χ4v) is 1.62. The van der Waals surface area contributed by atoms with Crippen LogP contribution in [0.5, 0.6) is 5.75 Å². The highest BCUT2D eigenvalue weighted by molar-refractivity contribution is 5.32. The van der Waals surface area contributed by atoms with E-state index in [0.717, 1.165) is 18.6 Å². The Morgan fingerprint density at radius 3 is 2.43 bits per heavy atom. The van der Waals surface area contributed by atoms with E-state index in [2.05, 4.69) is 33.8 Å². The normalized spacial score (nSPS) is 11.4. The molecule has 0 amide bonds. The van der Waals surface area contributed by atoms with Crippen LogP contribution in [0.25, 0.3) is 0 Å². The lowest BCUT2D eigenvalue weighted by atomic mass is 10.0. The van der Waals surface area contributed by atoms with Crippen LogP contribution in [0.15, 0.2) is 24.3 Å². The minimum atomic E-state index is -0.0547. The first-order chi connectivity index (χ1) is 6.55. The number of ether oxygens (including phenoxy) is 1. The van der Waals surface area contributed by atoms with Crippen molar-refractivity contribution in [3.63, 3.8) is 0 Å². The molecule has 0 aliphatic carbocycles. The predicted molar refractivity (Wildman–Crippen MR) is 60.8 cm³/mol. The van der Waals surface area contributed by atoms with E-state index in [4.69, 9.17) is 4.74 Å². The molecule has 0 fully saturated rings. The molecule has 0 spiro atoms. The number of benzene rings is 1. The molecule has 0 aliphatic heterocycles. The number of aryl methyl sites for hydroxylation is 1. The van der Waals surface area contributed by atoms with Crippen molar-refractivity contribution in [3.8, 4) is 5.75 Å². The smallest absolute Gasteiger partial charge is 0.123 e. The van der Waals surface area contributed by atoms with E-state index in [1.807, 2.05) is 18.2 Å². The Balaban J connectivity index is 2.73. The van der Waals surface area contributed by atoms with Crippen molar-refractivity contribution < 1.29 is 4.74 Å². The molecule has 0 atom stereocenters. The second-order valence-corrected chi connectivity index (χ2v) is 4.38. The summed E-state index contributed by atoms with van der Waals surface area (Å²) >= 11 is 0. The molecule has 1 rings (SSSR count). The number of para-hydroxylation sites is 1. The third-order valence-electron chi connectivity index (χ3n) is 2.33. The van der Waals surface area contributed by atoms with Gasteiger partial charge in [0.15, 0.2) is 0 Å². The number of rotatable bonds is 4. The lowest BCUT2D eigenvalue weighted by molar-refractivity contribution is 0.0977. The van der Waals surface area contributed by atoms with Gasteiger partial charge in [-0.15, -0.1) is 0 Å². The summed E-state index contributed by atoms with van der Waals surface area (Å²) in [6.07, 6.45) is 2.24. The quantitative estimate of drug-likeness (QED) is 0.701. The summed E-state index contributed by atoms with van der Waals surface area (Å²) < 4.78 is 5.97. The molecule has 0 aromatic heterocycles. The molecule has 0 heterocycles. The van der Waals surface area contributed by atoms with Gasteiger partial charge in [-0.1, -0.05) is 31.5 Å². The average Bonchev–Trinajstić information content (AvgIpc) is 2.08. The standard InChI is InChI=1S/C13H20O/c1-5-10-13(3,4)14-12-9-7-6-8-11(12)2/h6-9H,5,10H2,1-4H3. The summed E-state index contributed by atoms with van der Waals surface area (Å²) in [6, 6.07) is 8.17. The Morgan fingerprint density at radius 2 is 1.86 bits per heavy atom. The van der Waals surface area contributed by atoms with Crippen LogP contribution in [0.1, 0.15) is 39.2 Å². The first kappa shape index (κ1) is 11.1. The highest BCUT2D eigenvalue weighted by atomic mass is 16.5. The van der Waals surface area contributed by atoms with Gasteiger partial charge in [0.2, 0.25) is 0 Å². The minimum Gasteiger partial charge on any atom is -0.488 e. The monoisotopic (exact) mass is 192 g/mol. The van der Waals surface area contributed by atoms with Crippen LogP contribution in [0, 0.1) is 6.92 Å². The predicted octanol–water partition coefficient (Wildman–Crippen LogP) is 3.95. The summed E-state index contributed by atoms with van der Waals surface area (Å²) in [5, 5.41) is 0. The fraction of sp³-hybridized carbons (Fsp3) is 0.538. The van der Waals surface area contributed by atoms with E-state index in [1.165, 1.54) is 5.56 Å². The zero-order valence-corrected chi connectivity index (χ0v) is 9.63. The van der Waals surface area contributed by atoms with Gasteiger partial charge in [-0.3, -0.25) is 0 Å². The van der Waals surface area contributed by atoms with Crippen LogP contribution in [0.4, 0.5) is 0 Å². The average molecular weight is 192 g/mol. The summed E-state index contributed by atoms with van der Waals surface area (Å²) in [7, 11) is 0. The second-order valence-electron chi connectivity index (χ2n) is 4.38. The highest BCUT2D eigenvalue weighted by Gasteiger charge is 2.18. The lowest BCUT2D eigenvalue weighted by Crippen LogP contribution is -2.28. The molecule has 0 bridgehead atoms. The van der Waals surface area contributed by atoms with Crippen molar-refractivity contribution in [2.45, 2.75) is 46.1 Å². The van der Waals surface area contributed by atoms with Crippen LogP contribution in [-0.4, -0.2) is 5.60 Å². The molecule has 1 aromatic rings. The summed E-state index contributed by atoms with van der Waals surface area (Å²) in [4.78, 5) is 0. The van der Waals surface area contributed by atoms with Gasteiger partial charge in [-0.05, 0) is 38.8 Å². The van der Waals surface area contributed by atoms with Gasteiger partial charge in [0.1, 0.15) is 11.4 Å². The zero-order valence-electron chi connectivity index (χ0n) is 9.63. The van der Waals surface area contributed by atoms with Crippen LogP contribution >= 0.6 is 0 Å². The molecule has 0 N–H and O–H groups in total. The number of hydrogen-bond donors (Lipinski definition) is 0. The third-order valence-corrected chi connectivity index (χ3v) is 2.33. The van der Waals surface area contributed by atoms with Crippen LogP contribution < -0.4 is 4.74 Å². The maximum atomic E-state index is 5.97. The number of hydrogen-bond acceptors (Lipinski definition) is 1. The Morgan fingerprint density at radius 1 is 1.21 bits per heavy atom. The van der Waals surface area contributed by atoms with E-state index in [1.54, 1.807) is 0 Å². The Kier molecular flexibility index (Phi) is 3.56. The Bertz CT molecular complexity index is 289. The van der Waals surface area contributed by atoms with E-state index < -0.39 is 0 Å². The van der Waals surface area contributed by atoms with E-state index >= 15 is 0 Å². The SMILES string of the molecule is CCCC(C)(C)Oc1ccccc1C.